The first-order valence-electron chi connectivity index (χ1n) is 4.44. The monoisotopic (exact) mass is 312 g/mol. The molecule has 0 amide bonds. The molecule has 0 atom stereocenters. The summed E-state index contributed by atoms with van der Waals surface area (Å²) in [7, 11) is 1.15. The van der Waals surface area contributed by atoms with Crippen LogP contribution in [-0.2, 0) is 4.74 Å². The molecule has 0 heterocycles. The predicted octanol–water partition coefficient (Wildman–Crippen LogP) is 3.02. The number of benzene rings is 1. The molecule has 0 fully saturated rings. The highest BCUT2D eigenvalue weighted by atomic mass is 79.9. The van der Waals surface area contributed by atoms with Crippen LogP contribution in [0.1, 0.15) is 10.4 Å². The molecule has 0 bridgehead atoms. The van der Waals surface area contributed by atoms with Gasteiger partial charge in [0.15, 0.2) is 11.6 Å². The molecule has 0 N–H and O–H groups in total. The molecule has 17 heavy (non-hydrogen) atoms. The van der Waals surface area contributed by atoms with Gasteiger partial charge >= 0.3 is 5.97 Å². The van der Waals surface area contributed by atoms with Gasteiger partial charge in [-0.2, -0.15) is 0 Å². The summed E-state index contributed by atoms with van der Waals surface area (Å²) in [4.78, 5) is 11.2. The van der Waals surface area contributed by atoms with Gasteiger partial charge in [-0.3, -0.25) is 0 Å². The second-order valence-corrected chi connectivity index (χ2v) is 3.81. The van der Waals surface area contributed by atoms with Crippen LogP contribution >= 0.6 is 15.9 Å². The van der Waals surface area contributed by atoms with E-state index in [9.17, 15) is 18.0 Å². The van der Waals surface area contributed by atoms with E-state index in [2.05, 4.69) is 25.4 Å². The van der Waals surface area contributed by atoms with Crippen LogP contribution in [0.5, 0.6) is 5.75 Å². The minimum Gasteiger partial charge on any atom is -0.485 e. The highest BCUT2D eigenvalue weighted by Gasteiger charge is 2.16. The molecular weight excluding hydrogens is 305 g/mol. The van der Waals surface area contributed by atoms with Crippen molar-refractivity contribution in [2.45, 2.75) is 6.43 Å². The summed E-state index contributed by atoms with van der Waals surface area (Å²) in [6.07, 6.45) is -2.70. The number of carbonyl (C=O) groups excluding carboxylic acids is 1. The van der Waals surface area contributed by atoms with Gasteiger partial charge in [0.2, 0.25) is 0 Å². The van der Waals surface area contributed by atoms with E-state index >= 15 is 0 Å². The summed E-state index contributed by atoms with van der Waals surface area (Å²) >= 11 is 2.99. The van der Waals surface area contributed by atoms with Gasteiger partial charge in [-0.05, 0) is 28.1 Å². The Bertz CT molecular complexity index is 424. The lowest BCUT2D eigenvalue weighted by molar-refractivity contribution is 0.0597. The van der Waals surface area contributed by atoms with Crippen molar-refractivity contribution in [3.8, 4) is 5.75 Å². The zero-order valence-electron chi connectivity index (χ0n) is 8.68. The van der Waals surface area contributed by atoms with Crippen molar-refractivity contribution in [3.63, 3.8) is 0 Å². The molecule has 0 aliphatic carbocycles. The maximum absolute atomic E-state index is 13.4. The molecule has 1 aromatic carbocycles. The number of ether oxygens (including phenoxy) is 2. The molecule has 94 valence electrons. The first-order valence-corrected chi connectivity index (χ1v) is 5.23. The Balaban J connectivity index is 2.97. The van der Waals surface area contributed by atoms with E-state index < -0.39 is 24.8 Å². The molecule has 0 saturated heterocycles. The summed E-state index contributed by atoms with van der Waals surface area (Å²) in [5.41, 5.74) is -0.0469. The fourth-order valence-electron chi connectivity index (χ4n) is 1.06. The highest BCUT2D eigenvalue weighted by Crippen LogP contribution is 2.27. The Morgan fingerprint density at radius 3 is 2.65 bits per heavy atom. The minimum absolute atomic E-state index is 0.0469. The number of alkyl halides is 2. The van der Waals surface area contributed by atoms with E-state index in [0.717, 1.165) is 19.2 Å². The topological polar surface area (TPSA) is 35.5 Å². The molecule has 0 radical (unpaired) electrons. The fourth-order valence-corrected chi connectivity index (χ4v) is 1.54. The Labute approximate surface area is 104 Å². The minimum atomic E-state index is -2.70. The molecule has 1 aromatic rings. The summed E-state index contributed by atoms with van der Waals surface area (Å²) < 4.78 is 46.3. The molecular formula is C10H8BrF3O3. The van der Waals surface area contributed by atoms with Crippen LogP contribution in [0.25, 0.3) is 0 Å². The number of esters is 1. The van der Waals surface area contributed by atoms with Crippen LogP contribution in [-0.4, -0.2) is 26.1 Å². The lowest BCUT2D eigenvalue weighted by Crippen LogP contribution is -2.09. The molecule has 0 aromatic heterocycles. The van der Waals surface area contributed by atoms with E-state index in [1.54, 1.807) is 0 Å². The number of hydrogen-bond acceptors (Lipinski definition) is 3. The molecule has 0 saturated carbocycles. The predicted molar refractivity (Wildman–Crippen MR) is 56.9 cm³/mol. The van der Waals surface area contributed by atoms with E-state index in [0.29, 0.717) is 0 Å². The summed E-state index contributed by atoms with van der Waals surface area (Å²) in [6, 6.07) is 1.96. The van der Waals surface area contributed by atoms with Crippen molar-refractivity contribution in [3.05, 3.63) is 28.0 Å². The van der Waals surface area contributed by atoms with Crippen molar-refractivity contribution >= 4 is 21.9 Å². The van der Waals surface area contributed by atoms with Crippen LogP contribution in [0.15, 0.2) is 16.6 Å². The second-order valence-electron chi connectivity index (χ2n) is 2.96. The zero-order valence-corrected chi connectivity index (χ0v) is 10.3. The molecule has 0 aliphatic heterocycles. The third kappa shape index (κ3) is 3.62. The van der Waals surface area contributed by atoms with Gasteiger partial charge in [-0.15, -0.1) is 0 Å². The van der Waals surface area contributed by atoms with E-state index in [1.807, 2.05) is 0 Å². The fraction of sp³-hybridized carbons (Fsp3) is 0.300. The van der Waals surface area contributed by atoms with Gasteiger partial charge < -0.3 is 9.47 Å². The smallest absolute Gasteiger partial charge is 0.339 e. The van der Waals surface area contributed by atoms with Gasteiger partial charge in [0, 0.05) is 4.47 Å². The van der Waals surface area contributed by atoms with Crippen molar-refractivity contribution < 1.29 is 27.4 Å². The molecule has 3 nitrogen and oxygen atoms in total. The van der Waals surface area contributed by atoms with Gasteiger partial charge in [0.25, 0.3) is 6.43 Å². The van der Waals surface area contributed by atoms with Gasteiger partial charge in [0.1, 0.15) is 6.61 Å². The Morgan fingerprint density at radius 1 is 1.47 bits per heavy atom. The third-order valence-corrected chi connectivity index (χ3v) is 2.45. The first kappa shape index (κ1) is 13.8. The molecule has 1 rings (SSSR count). The lowest BCUT2D eigenvalue weighted by Gasteiger charge is -2.09. The Morgan fingerprint density at radius 2 is 2.12 bits per heavy atom. The summed E-state index contributed by atoms with van der Waals surface area (Å²) in [5, 5.41) is 0. The largest absolute Gasteiger partial charge is 0.485 e. The van der Waals surface area contributed by atoms with Gasteiger partial charge in [-0.1, -0.05) is 0 Å². The molecule has 0 spiro atoms. The quantitative estimate of drug-likeness (QED) is 0.802. The number of halogens is 4. The SMILES string of the molecule is COC(=O)c1cc(F)c(OCC(F)F)cc1Br. The zero-order chi connectivity index (χ0) is 13.0. The van der Waals surface area contributed by atoms with Crippen molar-refractivity contribution in [2.24, 2.45) is 0 Å². The molecule has 0 unspecified atom stereocenters. The van der Waals surface area contributed by atoms with Crippen molar-refractivity contribution in [1.29, 1.82) is 0 Å². The van der Waals surface area contributed by atoms with E-state index in [1.165, 1.54) is 0 Å². The second kappa shape index (κ2) is 5.90. The third-order valence-electron chi connectivity index (χ3n) is 1.79. The van der Waals surface area contributed by atoms with Crippen LogP contribution in [0, 0.1) is 5.82 Å². The summed E-state index contributed by atoms with van der Waals surface area (Å²) in [6.45, 7) is -0.916. The number of carbonyl (C=O) groups is 1. The Hall–Kier alpha value is -1.24. The normalized spacial score (nSPS) is 10.5. The van der Waals surface area contributed by atoms with Crippen LogP contribution in [0.3, 0.4) is 0 Å². The lowest BCUT2D eigenvalue weighted by atomic mass is 10.2. The van der Waals surface area contributed by atoms with Crippen molar-refractivity contribution in [2.75, 3.05) is 13.7 Å². The van der Waals surface area contributed by atoms with Crippen molar-refractivity contribution in [1.82, 2.24) is 0 Å². The van der Waals surface area contributed by atoms with Gasteiger partial charge in [0.05, 0.1) is 12.7 Å². The molecule has 7 heteroatoms. The van der Waals surface area contributed by atoms with Gasteiger partial charge in [-0.25, -0.2) is 18.0 Å². The average Bonchev–Trinajstić information content (AvgIpc) is 2.28. The van der Waals surface area contributed by atoms with E-state index in [4.69, 9.17) is 0 Å². The first-order chi connectivity index (χ1) is 7.95. The maximum atomic E-state index is 13.4. The van der Waals surface area contributed by atoms with Crippen LogP contribution in [0.4, 0.5) is 13.2 Å². The number of hydrogen-bond donors (Lipinski definition) is 0. The average molecular weight is 313 g/mol. The number of methoxy groups -OCH3 is 1. The van der Waals surface area contributed by atoms with Crippen LogP contribution in [0.2, 0.25) is 0 Å². The standard InChI is InChI=1S/C10H8BrF3O3/c1-16-10(15)5-2-7(12)8(3-6(5)11)17-4-9(13)14/h2-3,9H,4H2,1H3. The maximum Gasteiger partial charge on any atom is 0.339 e. The molecule has 0 aliphatic rings. The van der Waals surface area contributed by atoms with E-state index in [-0.39, 0.29) is 15.8 Å². The number of rotatable bonds is 4. The highest BCUT2D eigenvalue weighted by molar-refractivity contribution is 9.10. The summed E-state index contributed by atoms with van der Waals surface area (Å²) in [5.74, 6) is -2.00. The Kier molecular flexibility index (Phi) is 4.80. The van der Waals surface area contributed by atoms with Crippen LogP contribution < -0.4 is 4.74 Å².